The normalized spacial score (nSPS) is 12.0. The third kappa shape index (κ3) is 8.31. The average Bonchev–Trinajstić information content (AvgIpc) is 3.31. The van der Waals surface area contributed by atoms with E-state index in [0.29, 0.717) is 29.8 Å². The number of fused-ring (bicyclic) bond motifs is 1. The lowest BCUT2D eigenvalue weighted by Gasteiger charge is -2.20. The Morgan fingerprint density at radius 1 is 1.05 bits per heavy atom. The number of imidazole rings is 1. The van der Waals surface area contributed by atoms with Crippen LogP contribution < -0.4 is 16.2 Å². The van der Waals surface area contributed by atoms with E-state index in [1.807, 2.05) is 6.07 Å². The molecule has 2 heterocycles. The lowest BCUT2D eigenvalue weighted by molar-refractivity contribution is -0.123. The van der Waals surface area contributed by atoms with Gasteiger partial charge in [-0.05, 0) is 55.0 Å². The number of anilines is 1. The molecule has 3 aromatic rings. The summed E-state index contributed by atoms with van der Waals surface area (Å²) >= 11 is 0. The van der Waals surface area contributed by atoms with Crippen molar-refractivity contribution in [2.24, 2.45) is 5.92 Å². The Hall–Kier alpha value is -4.94. The molecule has 13 nitrogen and oxygen atoms in total. The molecule has 0 spiro atoms. The molecule has 0 aliphatic rings. The molecule has 1 unspecified atom stereocenters. The van der Waals surface area contributed by atoms with Gasteiger partial charge in [-0.25, -0.2) is 19.1 Å². The largest absolute Gasteiger partial charge is 0.464 e. The average molecular weight is 594 g/mol. The predicted molar refractivity (Wildman–Crippen MR) is 163 cm³/mol. The lowest BCUT2D eigenvalue weighted by Crippen LogP contribution is -2.48. The van der Waals surface area contributed by atoms with Crippen LogP contribution in [0.15, 0.2) is 53.5 Å². The number of carbonyl (C=O) groups is 4. The maximum Gasteiger partial charge on any atom is 0.417 e. The Bertz CT molecular complexity index is 1590. The number of hydrogen-bond acceptors (Lipinski definition) is 6. The van der Waals surface area contributed by atoms with Crippen LogP contribution in [0.4, 0.5) is 15.3 Å². The van der Waals surface area contributed by atoms with Gasteiger partial charge in [0, 0.05) is 34.4 Å². The molecule has 43 heavy (non-hydrogen) atoms. The lowest BCUT2D eigenvalue weighted by atomic mass is 10.0. The predicted octanol–water partition coefficient (Wildman–Crippen LogP) is 2.97. The number of benzene rings is 1. The summed E-state index contributed by atoms with van der Waals surface area (Å²) < 4.78 is 2.33. The number of hydrogen-bond donors (Lipinski definition) is 3. The number of carboxylic acid groups (broad SMARTS) is 1. The fourth-order valence-corrected chi connectivity index (χ4v) is 4.40. The molecule has 1 aromatic carbocycles. The van der Waals surface area contributed by atoms with Crippen molar-refractivity contribution < 1.29 is 24.3 Å². The Balaban J connectivity index is 1.88. The maximum absolute atomic E-state index is 13.4. The highest BCUT2D eigenvalue weighted by Gasteiger charge is 2.23. The van der Waals surface area contributed by atoms with Crippen LogP contribution >= 0.6 is 0 Å². The number of pyridine rings is 1. The molecule has 0 saturated heterocycles. The molecule has 0 bridgehead atoms. The Labute approximate surface area is 249 Å². The van der Waals surface area contributed by atoms with Gasteiger partial charge >= 0.3 is 12.1 Å². The molecule has 0 aliphatic heterocycles. The van der Waals surface area contributed by atoms with E-state index in [4.69, 9.17) is 0 Å². The number of likely N-dealkylation sites (N-methyl/N-ethyl adjacent to an activating group) is 1. The van der Waals surface area contributed by atoms with Crippen molar-refractivity contribution >= 4 is 40.7 Å². The number of amides is 4. The first kappa shape index (κ1) is 32.6. The molecule has 1 atom stereocenters. The van der Waals surface area contributed by atoms with E-state index in [1.54, 1.807) is 38.4 Å². The first-order valence-corrected chi connectivity index (χ1v) is 13.9. The summed E-state index contributed by atoms with van der Waals surface area (Å²) in [6.45, 7) is 3.97. The zero-order valence-electron chi connectivity index (χ0n) is 25.3. The molecule has 4 amide bonds. The molecular formula is C30H39N7O6. The second-order valence-electron chi connectivity index (χ2n) is 11.0. The number of allylic oxidation sites excluding steroid dienone is 1. The quantitative estimate of drug-likeness (QED) is 0.288. The minimum absolute atomic E-state index is 0.0478. The Kier molecular flexibility index (Phi) is 10.8. The summed E-state index contributed by atoms with van der Waals surface area (Å²) in [6, 6.07) is 6.86. The second kappa shape index (κ2) is 14.3. The van der Waals surface area contributed by atoms with Crippen LogP contribution in [0, 0.1) is 5.92 Å². The number of nitrogens with zero attached hydrogens (tertiary/aromatic N) is 5. The van der Waals surface area contributed by atoms with Gasteiger partial charge in [0.2, 0.25) is 11.8 Å². The van der Waals surface area contributed by atoms with E-state index in [1.165, 1.54) is 46.8 Å². The van der Waals surface area contributed by atoms with Gasteiger partial charge in [-0.15, -0.1) is 0 Å². The summed E-state index contributed by atoms with van der Waals surface area (Å²) in [5.41, 5.74) is 1.28. The van der Waals surface area contributed by atoms with Crippen molar-refractivity contribution in [3.63, 3.8) is 0 Å². The van der Waals surface area contributed by atoms with E-state index in [9.17, 15) is 29.1 Å². The number of para-hydroxylation sites is 1. The van der Waals surface area contributed by atoms with Crippen molar-refractivity contribution in [1.29, 1.82) is 0 Å². The van der Waals surface area contributed by atoms with Crippen molar-refractivity contribution in [2.45, 2.75) is 45.7 Å². The van der Waals surface area contributed by atoms with Crippen LogP contribution in [0.5, 0.6) is 0 Å². The Morgan fingerprint density at radius 3 is 2.40 bits per heavy atom. The first-order valence-electron chi connectivity index (χ1n) is 13.9. The molecule has 0 radical (unpaired) electrons. The number of rotatable bonds is 11. The van der Waals surface area contributed by atoms with Gasteiger partial charge in [-0.3, -0.25) is 14.4 Å². The van der Waals surface area contributed by atoms with E-state index in [2.05, 4.69) is 29.5 Å². The maximum atomic E-state index is 13.4. The van der Waals surface area contributed by atoms with Gasteiger partial charge in [0.1, 0.15) is 17.6 Å². The fraction of sp³-hybridized carbons (Fsp3) is 0.400. The van der Waals surface area contributed by atoms with Gasteiger partial charge in [0.15, 0.2) is 0 Å². The molecular weight excluding hydrogens is 554 g/mol. The smallest absolute Gasteiger partial charge is 0.417 e. The van der Waals surface area contributed by atoms with Crippen LogP contribution in [0.1, 0.15) is 38.1 Å². The van der Waals surface area contributed by atoms with Crippen molar-refractivity contribution in [1.82, 2.24) is 29.2 Å². The summed E-state index contributed by atoms with van der Waals surface area (Å²) in [5, 5.41) is 15.2. The van der Waals surface area contributed by atoms with Crippen LogP contribution in [0.3, 0.4) is 0 Å². The zero-order chi connectivity index (χ0) is 31.8. The number of carbonyl (C=O) groups excluding carboxylic acids is 3. The SMILES string of the molecule is CC(C)Cc1cccc2c1nc(Cn1cccc(NC(=O)C(CC/C=C/C(=O)N(C)C)NC(=O)N(C)C)c1=O)n2C(=O)O. The monoisotopic (exact) mass is 593 g/mol. The highest BCUT2D eigenvalue weighted by molar-refractivity contribution is 5.97. The third-order valence-electron chi connectivity index (χ3n) is 6.59. The van der Waals surface area contributed by atoms with E-state index in [0.717, 1.165) is 10.1 Å². The minimum atomic E-state index is -1.22. The van der Waals surface area contributed by atoms with E-state index >= 15 is 0 Å². The summed E-state index contributed by atoms with van der Waals surface area (Å²) in [6.07, 6.45) is 4.45. The molecule has 3 N–H and O–H groups in total. The highest BCUT2D eigenvalue weighted by Crippen LogP contribution is 2.23. The zero-order valence-corrected chi connectivity index (χ0v) is 25.3. The summed E-state index contributed by atoms with van der Waals surface area (Å²) in [4.78, 5) is 70.3. The van der Waals surface area contributed by atoms with Gasteiger partial charge in [0.05, 0.1) is 17.6 Å². The number of nitrogens with one attached hydrogen (secondary N) is 2. The molecule has 13 heteroatoms. The van der Waals surface area contributed by atoms with Crippen LogP contribution in [0.2, 0.25) is 0 Å². The standard InChI is InChI=1S/C30H39N7O6/c1-19(2)17-20-11-9-14-23-26(20)33-24(37(23)30(42)43)18-36-16-10-13-22(28(36)40)31-27(39)21(32-29(41)35(5)6)12-7-8-15-25(38)34(3)4/h8-11,13-16,19,21H,7,12,17-18H2,1-6H3,(H,31,39)(H,32,41)(H,42,43)/b15-8+. The summed E-state index contributed by atoms with van der Waals surface area (Å²) in [5.74, 6) is -0.349. The second-order valence-corrected chi connectivity index (χ2v) is 11.0. The molecule has 0 saturated carbocycles. The van der Waals surface area contributed by atoms with E-state index < -0.39 is 29.6 Å². The fourth-order valence-electron chi connectivity index (χ4n) is 4.40. The van der Waals surface area contributed by atoms with Crippen LogP contribution in [-0.2, 0) is 22.6 Å². The topological polar surface area (TPSA) is 159 Å². The molecule has 0 aliphatic carbocycles. The van der Waals surface area contributed by atoms with Crippen molar-refractivity contribution in [2.75, 3.05) is 33.5 Å². The number of urea groups is 1. The summed E-state index contributed by atoms with van der Waals surface area (Å²) in [7, 11) is 6.31. The molecule has 2 aromatic heterocycles. The molecule has 230 valence electrons. The van der Waals surface area contributed by atoms with Gasteiger partial charge < -0.3 is 30.1 Å². The van der Waals surface area contributed by atoms with Crippen LogP contribution in [-0.4, -0.2) is 87.2 Å². The van der Waals surface area contributed by atoms with Crippen molar-refractivity contribution in [3.8, 4) is 0 Å². The Morgan fingerprint density at radius 2 is 1.77 bits per heavy atom. The van der Waals surface area contributed by atoms with E-state index in [-0.39, 0.29) is 30.4 Å². The van der Waals surface area contributed by atoms with Gasteiger partial charge in [0.25, 0.3) is 5.56 Å². The third-order valence-corrected chi connectivity index (χ3v) is 6.59. The minimum Gasteiger partial charge on any atom is -0.464 e. The van der Waals surface area contributed by atoms with Crippen molar-refractivity contribution in [3.05, 3.63) is 70.4 Å². The molecule has 0 fully saturated rings. The van der Waals surface area contributed by atoms with Gasteiger partial charge in [-0.1, -0.05) is 32.1 Å². The first-order chi connectivity index (χ1) is 20.3. The number of aromatic nitrogens is 3. The van der Waals surface area contributed by atoms with Gasteiger partial charge in [-0.2, -0.15) is 0 Å². The van der Waals surface area contributed by atoms with Crippen LogP contribution in [0.25, 0.3) is 11.0 Å². The highest BCUT2D eigenvalue weighted by atomic mass is 16.4. The molecule has 3 rings (SSSR count).